The van der Waals surface area contributed by atoms with Gasteiger partial charge in [-0.15, -0.1) is 11.3 Å². The third-order valence-corrected chi connectivity index (χ3v) is 5.55. The molecule has 1 rings (SSSR count). The first-order chi connectivity index (χ1) is 8.85. The molecule has 1 unspecified atom stereocenters. The van der Waals surface area contributed by atoms with Crippen LogP contribution in [0.3, 0.4) is 0 Å². The Morgan fingerprint density at radius 2 is 2.16 bits per heavy atom. The molecule has 19 heavy (non-hydrogen) atoms. The molecule has 0 aliphatic rings. The summed E-state index contributed by atoms with van der Waals surface area (Å²) < 4.78 is 26.6. The van der Waals surface area contributed by atoms with E-state index in [-0.39, 0.29) is 23.3 Å². The molecule has 1 heterocycles. The number of nitrogens with one attached hydrogen (secondary N) is 1. The third-order valence-electron chi connectivity index (χ3n) is 2.38. The van der Waals surface area contributed by atoms with Crippen LogP contribution in [0.15, 0.2) is 16.3 Å². The molecule has 0 aliphatic heterocycles. The number of carboxylic acids is 1. The third kappa shape index (κ3) is 5.27. The van der Waals surface area contributed by atoms with Crippen molar-refractivity contribution >= 4 is 27.3 Å². The molecule has 0 amide bonds. The van der Waals surface area contributed by atoms with Crippen molar-refractivity contribution in [2.75, 3.05) is 6.61 Å². The Morgan fingerprint density at radius 3 is 2.74 bits per heavy atom. The van der Waals surface area contributed by atoms with E-state index in [0.717, 1.165) is 11.3 Å². The zero-order chi connectivity index (χ0) is 14.5. The number of aliphatic hydroxyl groups excluding tert-OH is 1. The van der Waals surface area contributed by atoms with Crippen LogP contribution < -0.4 is 4.72 Å². The van der Waals surface area contributed by atoms with E-state index in [9.17, 15) is 13.2 Å². The molecule has 0 aliphatic carbocycles. The van der Waals surface area contributed by atoms with Crippen molar-refractivity contribution in [2.45, 2.75) is 36.4 Å². The number of aliphatic carboxylic acids is 1. The predicted octanol–water partition coefficient (Wildman–Crippen LogP) is 0.814. The molecule has 6 nitrogen and oxygen atoms in total. The van der Waals surface area contributed by atoms with Gasteiger partial charge in [-0.3, -0.25) is 4.79 Å². The predicted molar refractivity (Wildman–Crippen MR) is 71.8 cm³/mol. The largest absolute Gasteiger partial charge is 0.481 e. The van der Waals surface area contributed by atoms with Gasteiger partial charge in [0.15, 0.2) is 0 Å². The minimum absolute atomic E-state index is 0.0217. The van der Waals surface area contributed by atoms with Crippen LogP contribution in [-0.2, 0) is 21.2 Å². The van der Waals surface area contributed by atoms with E-state index < -0.39 is 16.0 Å². The van der Waals surface area contributed by atoms with Gasteiger partial charge in [0.25, 0.3) is 0 Å². The Hall–Kier alpha value is -0.960. The van der Waals surface area contributed by atoms with Crippen molar-refractivity contribution in [3.63, 3.8) is 0 Å². The lowest BCUT2D eigenvalue weighted by Gasteiger charge is -2.12. The Morgan fingerprint density at radius 1 is 1.47 bits per heavy atom. The van der Waals surface area contributed by atoms with E-state index in [2.05, 4.69) is 4.72 Å². The Labute approximate surface area is 116 Å². The summed E-state index contributed by atoms with van der Waals surface area (Å²) in [5.74, 6) is -0.991. The molecule has 0 radical (unpaired) electrons. The lowest BCUT2D eigenvalue weighted by Crippen LogP contribution is -2.32. The maximum Gasteiger partial charge on any atom is 0.308 e. The molecule has 0 saturated heterocycles. The summed E-state index contributed by atoms with van der Waals surface area (Å²) in [5.41, 5.74) is 0. The van der Waals surface area contributed by atoms with Crippen LogP contribution in [0, 0.1) is 0 Å². The topological polar surface area (TPSA) is 104 Å². The lowest BCUT2D eigenvalue weighted by atomic mass is 10.2. The fourth-order valence-electron chi connectivity index (χ4n) is 1.53. The molecule has 1 aromatic rings. The van der Waals surface area contributed by atoms with Gasteiger partial charge >= 0.3 is 5.97 Å². The average Bonchev–Trinajstić information content (AvgIpc) is 2.74. The minimum atomic E-state index is -3.61. The van der Waals surface area contributed by atoms with Crippen LogP contribution in [-0.4, -0.2) is 37.2 Å². The maximum atomic E-state index is 12.0. The Kier molecular flexibility index (Phi) is 5.92. The smallest absolute Gasteiger partial charge is 0.308 e. The fourth-order valence-corrected chi connectivity index (χ4v) is 4.17. The number of rotatable bonds is 8. The SMILES string of the molecule is CC(CCCO)NS(=O)(=O)c1ccc(CC(=O)O)s1. The molecular formula is C11H17NO5S2. The first kappa shape index (κ1) is 16.1. The molecule has 3 N–H and O–H groups in total. The van der Waals surface area contributed by atoms with Crippen molar-refractivity contribution in [1.29, 1.82) is 0 Å². The van der Waals surface area contributed by atoms with Crippen LogP contribution in [0.4, 0.5) is 0 Å². The zero-order valence-corrected chi connectivity index (χ0v) is 12.1. The standard InChI is InChI=1S/C11H17NO5S2/c1-8(3-2-6-13)12-19(16,17)11-5-4-9(18-11)7-10(14)15/h4-5,8,12-13H,2-3,6-7H2,1H3,(H,14,15). The summed E-state index contributed by atoms with van der Waals surface area (Å²) in [4.78, 5) is 11.0. The highest BCUT2D eigenvalue weighted by Gasteiger charge is 2.19. The lowest BCUT2D eigenvalue weighted by molar-refractivity contribution is -0.136. The molecule has 0 aromatic carbocycles. The highest BCUT2D eigenvalue weighted by Crippen LogP contribution is 2.22. The number of thiophene rings is 1. The van der Waals surface area contributed by atoms with E-state index in [0.29, 0.717) is 17.7 Å². The van der Waals surface area contributed by atoms with Crippen LogP contribution in [0.5, 0.6) is 0 Å². The monoisotopic (exact) mass is 307 g/mol. The first-order valence-electron chi connectivity index (χ1n) is 5.79. The van der Waals surface area contributed by atoms with Crippen molar-refractivity contribution < 1.29 is 23.4 Å². The molecular weight excluding hydrogens is 290 g/mol. The summed E-state index contributed by atoms with van der Waals surface area (Å²) in [5, 5.41) is 17.3. The van der Waals surface area contributed by atoms with Crippen molar-refractivity contribution in [1.82, 2.24) is 4.72 Å². The van der Waals surface area contributed by atoms with E-state index in [1.807, 2.05) is 0 Å². The van der Waals surface area contributed by atoms with Crippen LogP contribution in [0.25, 0.3) is 0 Å². The fraction of sp³-hybridized carbons (Fsp3) is 0.545. The number of carboxylic acid groups (broad SMARTS) is 1. The van der Waals surface area contributed by atoms with Gasteiger partial charge < -0.3 is 10.2 Å². The molecule has 0 bridgehead atoms. The molecule has 1 atom stereocenters. The van der Waals surface area contributed by atoms with E-state index in [1.54, 1.807) is 6.92 Å². The van der Waals surface area contributed by atoms with E-state index in [1.165, 1.54) is 12.1 Å². The Balaban J connectivity index is 2.71. The van der Waals surface area contributed by atoms with Gasteiger partial charge in [0.2, 0.25) is 10.0 Å². The van der Waals surface area contributed by atoms with Crippen LogP contribution in [0.1, 0.15) is 24.6 Å². The van der Waals surface area contributed by atoms with Gasteiger partial charge in [0.1, 0.15) is 4.21 Å². The molecule has 0 saturated carbocycles. The quantitative estimate of drug-likeness (QED) is 0.659. The molecule has 108 valence electrons. The molecule has 0 spiro atoms. The van der Waals surface area contributed by atoms with Crippen LogP contribution >= 0.6 is 11.3 Å². The summed E-state index contributed by atoms with van der Waals surface area (Å²) >= 11 is 0.953. The summed E-state index contributed by atoms with van der Waals surface area (Å²) in [6, 6.07) is 2.64. The summed E-state index contributed by atoms with van der Waals surface area (Å²) in [6.07, 6.45) is 0.891. The van der Waals surface area contributed by atoms with Gasteiger partial charge in [-0.05, 0) is 31.9 Å². The number of hydrogen-bond donors (Lipinski definition) is 3. The summed E-state index contributed by atoms with van der Waals surface area (Å²) in [6.45, 7) is 1.74. The van der Waals surface area contributed by atoms with Gasteiger partial charge in [-0.1, -0.05) is 0 Å². The van der Waals surface area contributed by atoms with Crippen LogP contribution in [0.2, 0.25) is 0 Å². The van der Waals surface area contributed by atoms with E-state index >= 15 is 0 Å². The van der Waals surface area contributed by atoms with Gasteiger partial charge in [0, 0.05) is 17.5 Å². The number of aliphatic hydroxyl groups is 1. The second-order valence-electron chi connectivity index (χ2n) is 4.18. The highest BCUT2D eigenvalue weighted by atomic mass is 32.2. The molecule has 0 fully saturated rings. The number of carbonyl (C=O) groups is 1. The minimum Gasteiger partial charge on any atom is -0.481 e. The second kappa shape index (κ2) is 6.99. The summed E-state index contributed by atoms with van der Waals surface area (Å²) in [7, 11) is -3.61. The normalized spacial score (nSPS) is 13.4. The second-order valence-corrected chi connectivity index (χ2v) is 7.29. The van der Waals surface area contributed by atoms with Crippen molar-refractivity contribution in [3.05, 3.63) is 17.0 Å². The highest BCUT2D eigenvalue weighted by molar-refractivity contribution is 7.91. The van der Waals surface area contributed by atoms with Crippen molar-refractivity contribution in [3.8, 4) is 0 Å². The number of hydrogen-bond acceptors (Lipinski definition) is 5. The average molecular weight is 307 g/mol. The Bertz CT molecular complexity index is 523. The molecule has 1 aromatic heterocycles. The van der Waals surface area contributed by atoms with Gasteiger partial charge in [0.05, 0.1) is 6.42 Å². The number of sulfonamides is 1. The van der Waals surface area contributed by atoms with Crippen molar-refractivity contribution in [2.24, 2.45) is 0 Å². The van der Waals surface area contributed by atoms with Gasteiger partial charge in [-0.25, -0.2) is 13.1 Å². The molecule has 8 heteroatoms. The maximum absolute atomic E-state index is 12.0. The first-order valence-corrected chi connectivity index (χ1v) is 8.09. The van der Waals surface area contributed by atoms with Gasteiger partial charge in [-0.2, -0.15) is 0 Å². The zero-order valence-electron chi connectivity index (χ0n) is 10.5. The van der Waals surface area contributed by atoms with E-state index in [4.69, 9.17) is 10.2 Å².